The quantitative estimate of drug-likeness (QED) is 0.568. The molecular formula is C15H20O4. The summed E-state index contributed by atoms with van der Waals surface area (Å²) in [5, 5.41) is 0. The molecule has 0 radical (unpaired) electrons. The van der Waals surface area contributed by atoms with Crippen molar-refractivity contribution < 1.29 is 19.1 Å². The van der Waals surface area contributed by atoms with Gasteiger partial charge in [-0.1, -0.05) is 24.3 Å². The molecule has 0 bridgehead atoms. The summed E-state index contributed by atoms with van der Waals surface area (Å²) in [6.45, 7) is 7.93. The van der Waals surface area contributed by atoms with Crippen molar-refractivity contribution in [1.82, 2.24) is 0 Å². The highest BCUT2D eigenvalue weighted by Gasteiger charge is 2.46. The second-order valence-corrected chi connectivity index (χ2v) is 4.81. The lowest BCUT2D eigenvalue weighted by molar-refractivity contribution is -0.165. The molecule has 19 heavy (non-hydrogen) atoms. The summed E-state index contributed by atoms with van der Waals surface area (Å²) in [6.07, 6.45) is 4.18. The lowest BCUT2D eigenvalue weighted by atomic mass is 9.83. The maximum atomic E-state index is 12.0. The molecular weight excluding hydrogens is 244 g/mol. The van der Waals surface area contributed by atoms with Crippen molar-refractivity contribution >= 4 is 11.9 Å². The maximum absolute atomic E-state index is 12.0. The van der Waals surface area contributed by atoms with Crippen LogP contribution in [-0.2, 0) is 19.1 Å². The smallest absolute Gasteiger partial charge is 0.327 e. The van der Waals surface area contributed by atoms with Crippen LogP contribution in [0, 0.1) is 5.41 Å². The normalized spacial score (nSPS) is 17.7. The summed E-state index contributed by atoms with van der Waals surface area (Å²) < 4.78 is 9.53. The van der Waals surface area contributed by atoms with Gasteiger partial charge in [0.25, 0.3) is 0 Å². The molecule has 0 fully saturated rings. The Morgan fingerprint density at radius 2 is 1.74 bits per heavy atom. The number of ether oxygens (including phenoxy) is 2. The third-order valence-corrected chi connectivity index (χ3v) is 3.37. The fourth-order valence-corrected chi connectivity index (χ4v) is 2.22. The van der Waals surface area contributed by atoms with Gasteiger partial charge < -0.3 is 9.47 Å². The van der Waals surface area contributed by atoms with E-state index in [-0.39, 0.29) is 0 Å². The third kappa shape index (κ3) is 2.78. The fraction of sp³-hybridized carbons (Fsp3) is 0.467. The molecule has 0 saturated carbocycles. The molecule has 0 aliphatic heterocycles. The van der Waals surface area contributed by atoms with Crippen molar-refractivity contribution in [2.45, 2.75) is 26.7 Å². The van der Waals surface area contributed by atoms with Crippen LogP contribution in [0.2, 0.25) is 0 Å². The van der Waals surface area contributed by atoms with E-state index in [0.29, 0.717) is 12.8 Å². The molecule has 1 rings (SSSR count). The molecule has 0 unspecified atom stereocenters. The van der Waals surface area contributed by atoms with Crippen LogP contribution < -0.4 is 0 Å². The van der Waals surface area contributed by atoms with Crippen molar-refractivity contribution in [2.24, 2.45) is 5.41 Å². The van der Waals surface area contributed by atoms with Gasteiger partial charge in [0.05, 0.1) is 14.2 Å². The lowest BCUT2D eigenvalue weighted by Crippen LogP contribution is -2.39. The van der Waals surface area contributed by atoms with E-state index in [0.717, 1.165) is 16.7 Å². The number of esters is 2. The highest BCUT2D eigenvalue weighted by molar-refractivity contribution is 6.02. The first-order chi connectivity index (χ1) is 8.89. The Balaban J connectivity index is 3.33. The number of hydrogen-bond acceptors (Lipinski definition) is 4. The number of carbonyl (C=O) groups is 2. The average molecular weight is 264 g/mol. The van der Waals surface area contributed by atoms with Gasteiger partial charge >= 0.3 is 11.9 Å². The second kappa shape index (κ2) is 5.87. The zero-order valence-corrected chi connectivity index (χ0v) is 11.9. The van der Waals surface area contributed by atoms with Gasteiger partial charge in [-0.3, -0.25) is 9.59 Å². The molecule has 0 amide bonds. The standard InChI is InChI=1S/C15H20O4/c1-10(2)12-7-9-15(13(16)18-4,14(17)19-5)8-6-11(12)3/h7,9H,3,6,8H2,1-2,4-5H3. The summed E-state index contributed by atoms with van der Waals surface area (Å²) in [6, 6.07) is 0. The molecule has 0 aromatic carbocycles. The van der Waals surface area contributed by atoms with Crippen molar-refractivity contribution in [3.05, 3.63) is 35.5 Å². The number of carbonyl (C=O) groups excluding carboxylic acids is 2. The van der Waals surface area contributed by atoms with Crippen LogP contribution in [0.15, 0.2) is 35.5 Å². The minimum atomic E-state index is -1.37. The van der Waals surface area contributed by atoms with Gasteiger partial charge in [-0.2, -0.15) is 0 Å². The molecule has 1 aliphatic rings. The molecule has 0 N–H and O–H groups in total. The van der Waals surface area contributed by atoms with Crippen molar-refractivity contribution in [3.63, 3.8) is 0 Å². The van der Waals surface area contributed by atoms with E-state index < -0.39 is 17.4 Å². The predicted octanol–water partition coefficient (Wildman–Crippen LogP) is 2.56. The molecule has 0 aromatic heterocycles. The Kier molecular flexibility index (Phi) is 4.70. The number of hydrogen-bond donors (Lipinski definition) is 0. The van der Waals surface area contributed by atoms with E-state index in [9.17, 15) is 9.59 Å². The minimum Gasteiger partial charge on any atom is -0.468 e. The lowest BCUT2D eigenvalue weighted by Gasteiger charge is -2.23. The van der Waals surface area contributed by atoms with Gasteiger partial charge in [-0.15, -0.1) is 0 Å². The topological polar surface area (TPSA) is 52.6 Å². The van der Waals surface area contributed by atoms with Gasteiger partial charge in [0.15, 0.2) is 5.41 Å². The summed E-state index contributed by atoms with van der Waals surface area (Å²) in [5.41, 5.74) is 1.59. The summed E-state index contributed by atoms with van der Waals surface area (Å²) in [5.74, 6) is -1.20. The Bertz CT molecular complexity index is 449. The van der Waals surface area contributed by atoms with E-state index in [1.165, 1.54) is 14.2 Å². The first-order valence-corrected chi connectivity index (χ1v) is 6.10. The molecule has 1 aliphatic carbocycles. The summed E-state index contributed by atoms with van der Waals surface area (Å²) in [7, 11) is 2.53. The van der Waals surface area contributed by atoms with Crippen LogP contribution in [0.25, 0.3) is 0 Å². The molecule has 0 atom stereocenters. The van der Waals surface area contributed by atoms with Crippen LogP contribution in [0.3, 0.4) is 0 Å². The van der Waals surface area contributed by atoms with E-state index in [1.807, 2.05) is 13.8 Å². The molecule has 0 spiro atoms. The number of methoxy groups -OCH3 is 2. The SMILES string of the molecule is C=C1CCC(C(=O)OC)(C(=O)OC)C=CC1=C(C)C. The van der Waals surface area contributed by atoms with Gasteiger partial charge in [-0.05, 0) is 37.8 Å². The summed E-state index contributed by atoms with van der Waals surface area (Å²) in [4.78, 5) is 24.0. The van der Waals surface area contributed by atoms with Gasteiger partial charge in [0.1, 0.15) is 0 Å². The Hall–Kier alpha value is -1.84. The van der Waals surface area contributed by atoms with E-state index in [2.05, 4.69) is 6.58 Å². The highest BCUT2D eigenvalue weighted by Crippen LogP contribution is 2.36. The van der Waals surface area contributed by atoms with Crippen LogP contribution in [0.4, 0.5) is 0 Å². The average Bonchev–Trinajstić information content (AvgIpc) is 2.57. The predicted molar refractivity (Wildman–Crippen MR) is 72.4 cm³/mol. The molecule has 104 valence electrons. The van der Waals surface area contributed by atoms with E-state index in [4.69, 9.17) is 9.47 Å². The maximum Gasteiger partial charge on any atom is 0.327 e. The fourth-order valence-electron chi connectivity index (χ4n) is 2.22. The summed E-state index contributed by atoms with van der Waals surface area (Å²) >= 11 is 0. The molecule has 4 heteroatoms. The molecule has 4 nitrogen and oxygen atoms in total. The monoisotopic (exact) mass is 264 g/mol. The minimum absolute atomic E-state index is 0.304. The third-order valence-electron chi connectivity index (χ3n) is 3.37. The van der Waals surface area contributed by atoms with Crippen LogP contribution in [0.5, 0.6) is 0 Å². The second-order valence-electron chi connectivity index (χ2n) is 4.81. The highest BCUT2D eigenvalue weighted by atomic mass is 16.5. The van der Waals surface area contributed by atoms with Gasteiger partial charge in [0, 0.05) is 0 Å². The Morgan fingerprint density at radius 3 is 2.16 bits per heavy atom. The van der Waals surface area contributed by atoms with E-state index >= 15 is 0 Å². The Morgan fingerprint density at radius 1 is 1.21 bits per heavy atom. The molecule has 0 saturated heterocycles. The Labute approximate surface area is 113 Å². The molecule has 0 aromatic rings. The van der Waals surface area contributed by atoms with E-state index in [1.54, 1.807) is 12.2 Å². The zero-order chi connectivity index (χ0) is 14.6. The molecule has 0 heterocycles. The number of rotatable bonds is 2. The van der Waals surface area contributed by atoms with Crippen LogP contribution in [0.1, 0.15) is 26.7 Å². The number of allylic oxidation sites excluding steroid dienone is 4. The largest absolute Gasteiger partial charge is 0.468 e. The van der Waals surface area contributed by atoms with Crippen molar-refractivity contribution in [1.29, 1.82) is 0 Å². The first-order valence-electron chi connectivity index (χ1n) is 6.10. The van der Waals surface area contributed by atoms with Gasteiger partial charge in [-0.25, -0.2) is 0 Å². The van der Waals surface area contributed by atoms with Crippen molar-refractivity contribution in [2.75, 3.05) is 14.2 Å². The first kappa shape index (κ1) is 15.2. The van der Waals surface area contributed by atoms with Crippen LogP contribution in [-0.4, -0.2) is 26.2 Å². The van der Waals surface area contributed by atoms with Crippen LogP contribution >= 0.6 is 0 Å². The van der Waals surface area contributed by atoms with Crippen molar-refractivity contribution in [3.8, 4) is 0 Å². The zero-order valence-electron chi connectivity index (χ0n) is 11.9. The van der Waals surface area contributed by atoms with Gasteiger partial charge in [0.2, 0.25) is 0 Å².